The molecule has 0 heterocycles. The highest BCUT2D eigenvalue weighted by Gasteiger charge is 2.01. The summed E-state index contributed by atoms with van der Waals surface area (Å²) < 4.78 is 0. The molecule has 0 spiro atoms. The first-order valence-electron chi connectivity index (χ1n) is 4.93. The number of hydrogen-bond donors (Lipinski definition) is 0. The molecule has 0 N–H and O–H groups in total. The van der Waals surface area contributed by atoms with Gasteiger partial charge in [-0.25, -0.2) is 0 Å². The second-order valence-corrected chi connectivity index (χ2v) is 3.32. The van der Waals surface area contributed by atoms with Gasteiger partial charge in [0.25, 0.3) is 0 Å². The molecule has 12 heavy (non-hydrogen) atoms. The van der Waals surface area contributed by atoms with Crippen LogP contribution in [0.3, 0.4) is 0 Å². The predicted molar refractivity (Wildman–Crippen MR) is 56.6 cm³/mol. The van der Waals surface area contributed by atoms with Crippen LogP contribution in [0.15, 0.2) is 17.3 Å². The van der Waals surface area contributed by atoms with E-state index < -0.39 is 0 Å². The van der Waals surface area contributed by atoms with Crippen LogP contribution >= 0.6 is 0 Å². The van der Waals surface area contributed by atoms with Crippen LogP contribution < -0.4 is 0 Å². The van der Waals surface area contributed by atoms with E-state index in [1.165, 1.54) is 12.1 Å². The van der Waals surface area contributed by atoms with Crippen molar-refractivity contribution in [2.45, 2.75) is 47.0 Å². The minimum absolute atomic E-state index is 0.589. The Bertz CT molecular complexity index is 154. The quantitative estimate of drug-likeness (QED) is 0.552. The van der Waals surface area contributed by atoms with E-state index in [4.69, 9.17) is 0 Å². The van der Waals surface area contributed by atoms with Gasteiger partial charge in [-0.05, 0) is 18.8 Å². The number of allylic oxidation sites excluding steroid dienone is 1. The summed E-state index contributed by atoms with van der Waals surface area (Å²) in [4.78, 5) is 4.44. The van der Waals surface area contributed by atoms with E-state index in [0.29, 0.717) is 5.92 Å². The van der Waals surface area contributed by atoms with Crippen LogP contribution in [0.5, 0.6) is 0 Å². The number of aliphatic imine (C=N–C) groups is 1. The Hall–Kier alpha value is -0.590. The molecule has 1 heteroatoms. The molecule has 0 aliphatic carbocycles. The Labute approximate surface area is 76.6 Å². The van der Waals surface area contributed by atoms with Crippen molar-refractivity contribution in [2.75, 3.05) is 0 Å². The molecular formula is C11H21N. The first kappa shape index (κ1) is 11.4. The van der Waals surface area contributed by atoms with Gasteiger partial charge in [0.05, 0.1) is 0 Å². The van der Waals surface area contributed by atoms with Crippen molar-refractivity contribution in [1.29, 1.82) is 0 Å². The van der Waals surface area contributed by atoms with Gasteiger partial charge in [0.2, 0.25) is 0 Å². The van der Waals surface area contributed by atoms with Crippen molar-refractivity contribution in [2.24, 2.45) is 10.9 Å². The smallest absolute Gasteiger partial charge is 0.0227 e. The second kappa shape index (κ2) is 7.08. The Kier molecular flexibility index (Phi) is 6.73. The molecule has 0 bridgehead atoms. The van der Waals surface area contributed by atoms with Gasteiger partial charge in [0.1, 0.15) is 0 Å². The first-order valence-corrected chi connectivity index (χ1v) is 4.93. The zero-order chi connectivity index (χ0) is 9.40. The molecule has 0 radical (unpaired) electrons. The summed E-state index contributed by atoms with van der Waals surface area (Å²) in [5.41, 5.74) is 1.32. The molecular weight excluding hydrogens is 146 g/mol. The third-order valence-electron chi connectivity index (χ3n) is 1.75. The predicted octanol–water partition coefficient (Wildman–Crippen LogP) is 3.81. The lowest BCUT2D eigenvalue weighted by molar-refractivity contribution is 0.828. The average Bonchev–Trinajstić information content (AvgIpc) is 2.03. The summed E-state index contributed by atoms with van der Waals surface area (Å²) >= 11 is 0. The third-order valence-corrected chi connectivity index (χ3v) is 1.75. The summed E-state index contributed by atoms with van der Waals surface area (Å²) in [5, 5.41) is 0. The zero-order valence-corrected chi connectivity index (χ0v) is 8.80. The molecule has 1 nitrogen and oxygen atoms in total. The van der Waals surface area contributed by atoms with Crippen LogP contribution in [-0.4, -0.2) is 5.71 Å². The lowest BCUT2D eigenvalue weighted by Crippen LogP contribution is -2.05. The molecule has 0 aliphatic rings. The molecule has 70 valence electrons. The van der Waals surface area contributed by atoms with Gasteiger partial charge in [0.15, 0.2) is 0 Å². The molecule has 0 aliphatic heterocycles. The molecule has 0 fully saturated rings. The fourth-order valence-electron chi connectivity index (χ4n) is 1.01. The summed E-state index contributed by atoms with van der Waals surface area (Å²) in [6.07, 6.45) is 7.42. The van der Waals surface area contributed by atoms with Crippen LogP contribution in [0.4, 0.5) is 0 Å². The number of nitrogens with zero attached hydrogens (tertiary/aromatic N) is 1. The van der Waals surface area contributed by atoms with Crippen molar-refractivity contribution in [3.63, 3.8) is 0 Å². The van der Waals surface area contributed by atoms with Gasteiger partial charge in [0, 0.05) is 11.9 Å². The van der Waals surface area contributed by atoms with Crippen LogP contribution in [0.1, 0.15) is 47.0 Å². The van der Waals surface area contributed by atoms with E-state index >= 15 is 0 Å². The Balaban J connectivity index is 4.08. The highest BCUT2D eigenvalue weighted by Crippen LogP contribution is 2.04. The van der Waals surface area contributed by atoms with Crippen LogP contribution in [0.2, 0.25) is 0 Å². The van der Waals surface area contributed by atoms with E-state index in [0.717, 1.165) is 12.8 Å². The fourth-order valence-corrected chi connectivity index (χ4v) is 1.01. The number of hydrogen-bond acceptors (Lipinski definition) is 1. The molecule has 0 unspecified atom stereocenters. The number of rotatable bonds is 5. The maximum atomic E-state index is 4.44. The fraction of sp³-hybridized carbons (Fsp3) is 0.727. The Morgan fingerprint density at radius 2 is 2.00 bits per heavy atom. The van der Waals surface area contributed by atoms with Crippen LogP contribution in [0, 0.1) is 5.92 Å². The average molecular weight is 167 g/mol. The Morgan fingerprint density at radius 3 is 2.42 bits per heavy atom. The molecule has 0 saturated heterocycles. The van der Waals surface area contributed by atoms with Crippen LogP contribution in [-0.2, 0) is 0 Å². The highest BCUT2D eigenvalue weighted by molar-refractivity contribution is 5.86. The highest BCUT2D eigenvalue weighted by atomic mass is 14.7. The first-order chi connectivity index (χ1) is 5.72. The summed E-state index contributed by atoms with van der Waals surface area (Å²) in [5.74, 6) is 0.589. The summed E-state index contributed by atoms with van der Waals surface area (Å²) in [6, 6.07) is 0. The lowest BCUT2D eigenvalue weighted by atomic mass is 10.0. The van der Waals surface area contributed by atoms with E-state index in [1.54, 1.807) is 0 Å². The van der Waals surface area contributed by atoms with Gasteiger partial charge >= 0.3 is 0 Å². The SMILES string of the molecule is CC/C=C\N=C(CCC)C(C)C. The van der Waals surface area contributed by atoms with Crippen LogP contribution in [0.25, 0.3) is 0 Å². The molecule has 0 aromatic heterocycles. The van der Waals surface area contributed by atoms with Crippen molar-refractivity contribution >= 4 is 5.71 Å². The van der Waals surface area contributed by atoms with E-state index in [9.17, 15) is 0 Å². The van der Waals surface area contributed by atoms with Crippen molar-refractivity contribution in [1.82, 2.24) is 0 Å². The summed E-state index contributed by atoms with van der Waals surface area (Å²) in [6.45, 7) is 8.73. The van der Waals surface area contributed by atoms with Gasteiger partial charge in [-0.2, -0.15) is 0 Å². The molecule has 0 rings (SSSR count). The minimum atomic E-state index is 0.589. The molecule has 0 saturated carbocycles. The normalized spacial score (nSPS) is 13.2. The maximum absolute atomic E-state index is 4.44. The molecule has 0 atom stereocenters. The van der Waals surface area contributed by atoms with Gasteiger partial charge in [-0.15, -0.1) is 0 Å². The Morgan fingerprint density at radius 1 is 1.33 bits per heavy atom. The van der Waals surface area contributed by atoms with Gasteiger partial charge < -0.3 is 0 Å². The van der Waals surface area contributed by atoms with E-state index in [-0.39, 0.29) is 0 Å². The standard InChI is InChI=1S/C11H21N/c1-5-7-9-12-11(8-6-2)10(3)4/h7,9-10H,5-6,8H2,1-4H3/b9-7-,12-11?. The largest absolute Gasteiger partial charge is 0.266 e. The lowest BCUT2D eigenvalue weighted by Gasteiger charge is -2.06. The van der Waals surface area contributed by atoms with Crippen molar-refractivity contribution in [3.8, 4) is 0 Å². The monoisotopic (exact) mass is 167 g/mol. The minimum Gasteiger partial charge on any atom is -0.266 e. The topological polar surface area (TPSA) is 12.4 Å². The van der Waals surface area contributed by atoms with Gasteiger partial charge in [-0.1, -0.05) is 40.2 Å². The van der Waals surface area contributed by atoms with Crippen molar-refractivity contribution < 1.29 is 0 Å². The maximum Gasteiger partial charge on any atom is 0.0227 e. The van der Waals surface area contributed by atoms with Gasteiger partial charge in [-0.3, -0.25) is 4.99 Å². The molecule has 0 aromatic rings. The molecule has 0 aromatic carbocycles. The second-order valence-electron chi connectivity index (χ2n) is 3.32. The zero-order valence-electron chi connectivity index (χ0n) is 8.80. The van der Waals surface area contributed by atoms with E-state index in [2.05, 4.69) is 38.8 Å². The third kappa shape index (κ3) is 5.11. The van der Waals surface area contributed by atoms with Crippen molar-refractivity contribution in [3.05, 3.63) is 12.3 Å². The summed E-state index contributed by atoms with van der Waals surface area (Å²) in [7, 11) is 0. The molecule has 0 amide bonds. The van der Waals surface area contributed by atoms with E-state index in [1.807, 2.05) is 6.20 Å².